The van der Waals surface area contributed by atoms with Crippen LogP contribution >= 0.6 is 11.6 Å². The van der Waals surface area contributed by atoms with Crippen molar-refractivity contribution < 1.29 is 0 Å². The number of halogens is 1. The number of piperazine rings is 2. The molecule has 3 fully saturated rings. The molecule has 0 amide bonds. The van der Waals surface area contributed by atoms with Gasteiger partial charge in [-0.15, -0.1) is 0 Å². The molecule has 1 aliphatic carbocycles. The number of aromatic nitrogens is 6. The summed E-state index contributed by atoms with van der Waals surface area (Å²) in [4.78, 5) is 41.4. The zero-order chi connectivity index (χ0) is 44.4. The van der Waals surface area contributed by atoms with E-state index in [4.69, 9.17) is 31.5 Å². The summed E-state index contributed by atoms with van der Waals surface area (Å²) in [6, 6.07) is 30.9. The van der Waals surface area contributed by atoms with Crippen molar-refractivity contribution in [1.82, 2.24) is 29.9 Å². The third-order valence-electron chi connectivity index (χ3n) is 12.1. The van der Waals surface area contributed by atoms with Crippen LogP contribution in [0.15, 0.2) is 103 Å². The van der Waals surface area contributed by atoms with E-state index in [-0.39, 0.29) is 14.9 Å². The van der Waals surface area contributed by atoms with Crippen molar-refractivity contribution in [2.75, 3.05) is 121 Å². The molecule has 2 aliphatic heterocycles. The van der Waals surface area contributed by atoms with Gasteiger partial charge in [-0.2, -0.15) is 19.9 Å². The van der Waals surface area contributed by atoms with Crippen LogP contribution in [0.5, 0.6) is 0 Å². The van der Waals surface area contributed by atoms with Crippen LogP contribution in [0.1, 0.15) is 64.0 Å². The minimum Gasteiger partial charge on any atom is -0.363 e. The molecule has 350 valence electrons. The Hall–Kier alpha value is -6.41. The fourth-order valence-corrected chi connectivity index (χ4v) is 8.49. The Kier molecular flexibility index (Phi) is 17.2. The number of aryl methyl sites for hydroxylation is 1. The van der Waals surface area contributed by atoms with E-state index in [0.29, 0.717) is 0 Å². The third-order valence-corrected chi connectivity index (χ3v) is 12.5. The summed E-state index contributed by atoms with van der Waals surface area (Å²) >= 11 is 6.28. The molecular weight excluding hydrogens is 844 g/mol. The van der Waals surface area contributed by atoms with Crippen LogP contribution in [0, 0.1) is 6.92 Å². The van der Waals surface area contributed by atoms with Gasteiger partial charge in [-0.1, -0.05) is 76.0 Å². The van der Waals surface area contributed by atoms with Crippen LogP contribution < -0.4 is 40.0 Å². The summed E-state index contributed by atoms with van der Waals surface area (Å²) in [7, 11) is 8.01. The van der Waals surface area contributed by atoms with Gasteiger partial charge < -0.3 is 40.0 Å². The van der Waals surface area contributed by atoms with E-state index in [1.807, 2.05) is 118 Å². The second-order valence-electron chi connectivity index (χ2n) is 17.1. The number of pyridine rings is 2. The Morgan fingerprint density at radius 2 is 0.985 bits per heavy atom. The second kappa shape index (κ2) is 23.2. The second-order valence-corrected chi connectivity index (χ2v) is 17.5. The molecule has 0 bridgehead atoms. The predicted molar refractivity (Wildman–Crippen MR) is 279 cm³/mol. The maximum absolute atomic E-state index is 6.28. The largest absolute Gasteiger partial charge is 0.363 e. The van der Waals surface area contributed by atoms with Gasteiger partial charge in [0.25, 0.3) is 0 Å². The zero-order valence-corrected chi connectivity index (χ0v) is 38.6. The van der Waals surface area contributed by atoms with Gasteiger partial charge in [0.05, 0.1) is 0 Å². The first-order chi connectivity index (χ1) is 31.1. The first-order valence-electron chi connectivity index (χ1n) is 22.5. The van der Waals surface area contributed by atoms with E-state index in [0.717, 1.165) is 127 Å². The van der Waals surface area contributed by atoms with Gasteiger partial charge >= 0.3 is 0 Å². The molecule has 2 N–H and O–H groups in total. The maximum Gasteiger partial charge on any atom is 0.229 e. The molecule has 0 atom stereocenters. The number of hydrogen-bond acceptors (Lipinski definition) is 14. The lowest BCUT2D eigenvalue weighted by atomic mass is 9.84. The highest BCUT2D eigenvalue weighted by Gasteiger charge is 2.23. The Labute approximate surface area is 398 Å². The molecule has 1 saturated carbocycles. The number of nitrogens with one attached hydrogen (secondary N) is 2. The monoisotopic (exact) mass is 913 g/mol. The van der Waals surface area contributed by atoms with E-state index in [9.17, 15) is 0 Å². The van der Waals surface area contributed by atoms with E-state index >= 15 is 0 Å². The highest BCUT2D eigenvalue weighted by Crippen LogP contribution is 2.34. The van der Waals surface area contributed by atoms with Gasteiger partial charge in [-0.05, 0) is 85.3 Å². The summed E-state index contributed by atoms with van der Waals surface area (Å²) in [6.07, 6.45) is 10.4. The molecule has 4 aromatic heterocycles. The number of benzene rings is 2. The average Bonchev–Trinajstić information content (AvgIpc) is 3.34. The quantitative estimate of drug-likeness (QED) is 0.128. The van der Waals surface area contributed by atoms with E-state index < -0.39 is 0 Å². The van der Waals surface area contributed by atoms with Gasteiger partial charge in [0.15, 0.2) is 0 Å². The van der Waals surface area contributed by atoms with Gasteiger partial charge in [0.2, 0.25) is 11.9 Å². The molecule has 15 heteroatoms. The van der Waals surface area contributed by atoms with E-state index in [1.54, 1.807) is 0 Å². The molecule has 3 aliphatic rings. The van der Waals surface area contributed by atoms with Crippen LogP contribution in [0.25, 0.3) is 0 Å². The lowest BCUT2D eigenvalue weighted by Crippen LogP contribution is -2.47. The van der Waals surface area contributed by atoms with Crippen molar-refractivity contribution in [1.29, 1.82) is 0 Å². The molecule has 14 nitrogen and oxygen atoms in total. The lowest BCUT2D eigenvalue weighted by Gasteiger charge is -2.35. The topological polar surface area (TPSA) is 121 Å². The molecule has 2 saturated heterocycles. The molecule has 66 heavy (non-hydrogen) atoms. The first kappa shape index (κ1) is 49.0. The zero-order valence-electron chi connectivity index (χ0n) is 37.8. The van der Waals surface area contributed by atoms with Crippen molar-refractivity contribution in [3.8, 4) is 0 Å². The Balaban J connectivity index is 0.000000213. The average molecular weight is 914 g/mol. The Morgan fingerprint density at radius 1 is 0.530 bits per heavy atom. The third kappa shape index (κ3) is 12.7. The molecule has 0 radical (unpaired) electrons. The number of nitrogens with zero attached hydrogens (tertiary/aromatic N) is 12. The first-order valence-corrected chi connectivity index (χ1v) is 22.9. The van der Waals surface area contributed by atoms with Crippen LogP contribution in [0.2, 0.25) is 5.02 Å². The minimum atomic E-state index is 0. The predicted octanol–water partition coefficient (Wildman–Crippen LogP) is 10.3. The molecule has 2 aromatic carbocycles. The number of hydrogen-bond donors (Lipinski definition) is 2. The van der Waals surface area contributed by atoms with Gasteiger partial charge in [-0.3, -0.25) is 0 Å². The van der Waals surface area contributed by atoms with Gasteiger partial charge in [0, 0.05) is 121 Å². The molecule has 6 aromatic rings. The van der Waals surface area contributed by atoms with Crippen molar-refractivity contribution in [3.05, 3.63) is 120 Å². The molecular formula is C51H69ClN14. The van der Waals surface area contributed by atoms with Crippen molar-refractivity contribution in [3.63, 3.8) is 0 Å². The van der Waals surface area contributed by atoms with Crippen molar-refractivity contribution in [2.45, 2.75) is 59.8 Å². The van der Waals surface area contributed by atoms with Crippen molar-refractivity contribution >= 4 is 69.8 Å². The standard InChI is InChI=1S/C27H35N7.C22H26ClN7.2CH4/c1-32(2)26-20-24(29-23-13-11-22(12-14-23)21-8-4-3-5-9-21)30-27(31-26)34-18-16-33(17-19-34)25-10-6-7-15-28-25;1-16-7-8-17(14-18(16)23)25-19-15-21(28(2)3)27-22(26-19)30-12-10-29(11-13-30)20-6-4-5-9-24-20;;/h6-7,10-15,20-21H,3-5,8-9,16-19H2,1-2H3,(H,29,30,31);4-9,14-15H,10-13H2,1-3H3,(H,25,26,27);2*1H4. The summed E-state index contributed by atoms with van der Waals surface area (Å²) in [5.74, 6) is 7.59. The fraction of sp³-hybridized carbons (Fsp3) is 0.412. The molecule has 0 spiro atoms. The van der Waals surface area contributed by atoms with E-state index in [2.05, 4.69) is 70.5 Å². The maximum atomic E-state index is 6.28. The number of rotatable bonds is 11. The Morgan fingerprint density at radius 3 is 1.42 bits per heavy atom. The van der Waals surface area contributed by atoms with Crippen molar-refractivity contribution in [2.24, 2.45) is 0 Å². The summed E-state index contributed by atoms with van der Waals surface area (Å²) < 4.78 is 0. The van der Waals surface area contributed by atoms with Crippen LogP contribution in [0.4, 0.5) is 58.2 Å². The summed E-state index contributed by atoms with van der Waals surface area (Å²) in [6.45, 7) is 8.95. The molecule has 6 heterocycles. The molecule has 0 unspecified atom stereocenters. The van der Waals surface area contributed by atoms with Crippen LogP contribution in [-0.4, -0.2) is 110 Å². The minimum absolute atomic E-state index is 0. The summed E-state index contributed by atoms with van der Waals surface area (Å²) in [5, 5.41) is 7.62. The highest BCUT2D eigenvalue weighted by atomic mass is 35.5. The van der Waals surface area contributed by atoms with Crippen LogP contribution in [0.3, 0.4) is 0 Å². The Bertz CT molecular complexity index is 2400. The van der Waals surface area contributed by atoms with Gasteiger partial charge in [0.1, 0.15) is 34.9 Å². The van der Waals surface area contributed by atoms with Gasteiger partial charge in [-0.25, -0.2) is 9.97 Å². The normalized spacial score (nSPS) is 15.1. The lowest BCUT2D eigenvalue weighted by molar-refractivity contribution is 0.443. The SMILES string of the molecule is C.C.CN(C)c1cc(Nc2ccc(C3CCCCC3)cc2)nc(N2CCN(c3ccccn3)CC2)n1.Cc1ccc(Nc2cc(N(C)C)nc(N3CCN(c4ccccn4)CC3)n2)cc1Cl. The smallest absolute Gasteiger partial charge is 0.229 e. The fourth-order valence-electron chi connectivity index (χ4n) is 8.31. The van der Waals surface area contributed by atoms with E-state index in [1.165, 1.54) is 37.7 Å². The van der Waals surface area contributed by atoms with Crippen LogP contribution in [-0.2, 0) is 0 Å². The summed E-state index contributed by atoms with van der Waals surface area (Å²) in [5.41, 5.74) is 4.48. The molecule has 9 rings (SSSR count). The highest BCUT2D eigenvalue weighted by molar-refractivity contribution is 6.31. The number of anilines is 10.